The summed E-state index contributed by atoms with van der Waals surface area (Å²) in [7, 11) is -3.88. The summed E-state index contributed by atoms with van der Waals surface area (Å²) in [6.45, 7) is -0.666. The molecule has 3 rings (SSSR count). The maximum Gasteiger partial charge on any atom is 0.417 e. The number of sulfonamides is 1. The van der Waals surface area contributed by atoms with Gasteiger partial charge in [0.25, 0.3) is 5.91 Å². The number of nitrogens with zero attached hydrogens (tertiary/aromatic N) is 2. The highest BCUT2D eigenvalue weighted by molar-refractivity contribution is 7.89. The molecule has 0 atom stereocenters. The van der Waals surface area contributed by atoms with Gasteiger partial charge in [0.05, 0.1) is 10.6 Å². The molecule has 0 saturated carbocycles. The van der Waals surface area contributed by atoms with Crippen molar-refractivity contribution in [1.82, 2.24) is 9.62 Å². The lowest BCUT2D eigenvalue weighted by Crippen LogP contribution is -2.37. The van der Waals surface area contributed by atoms with Gasteiger partial charge in [0.15, 0.2) is 6.61 Å². The standard InChI is InChI=1S/C15H15N3O7S/c19-12-5-6-13(20)18(12)10-1-3-11(4-2-10)26(23,24)16-7-8-17-14(21)9-25-15(17)22/h1-4,16H,5-9H2. The average molecular weight is 381 g/mol. The molecule has 11 heteroatoms. The van der Waals surface area contributed by atoms with E-state index in [9.17, 15) is 27.6 Å². The summed E-state index contributed by atoms with van der Waals surface area (Å²) >= 11 is 0. The van der Waals surface area contributed by atoms with Crippen molar-refractivity contribution < 1.29 is 32.3 Å². The third-order valence-electron chi connectivity index (χ3n) is 3.92. The van der Waals surface area contributed by atoms with E-state index in [1.807, 2.05) is 0 Å². The van der Waals surface area contributed by atoms with Gasteiger partial charge in [-0.3, -0.25) is 19.3 Å². The molecule has 4 amide bonds. The summed E-state index contributed by atoms with van der Waals surface area (Å²) in [6.07, 6.45) is -0.533. The molecule has 138 valence electrons. The first-order valence-corrected chi connectivity index (χ1v) is 9.20. The van der Waals surface area contributed by atoms with Crippen LogP contribution in [0.5, 0.6) is 0 Å². The summed E-state index contributed by atoms with van der Waals surface area (Å²) < 4.78 is 31.3. The Morgan fingerprint density at radius 2 is 1.58 bits per heavy atom. The zero-order valence-corrected chi connectivity index (χ0v) is 14.3. The predicted octanol–water partition coefficient (Wildman–Crippen LogP) is -0.403. The van der Waals surface area contributed by atoms with Crippen molar-refractivity contribution in [1.29, 1.82) is 0 Å². The Hall–Kier alpha value is -2.79. The molecule has 26 heavy (non-hydrogen) atoms. The first kappa shape index (κ1) is 18.0. The Morgan fingerprint density at radius 1 is 0.962 bits per heavy atom. The van der Waals surface area contributed by atoms with Crippen LogP contribution in [0.15, 0.2) is 29.2 Å². The SMILES string of the molecule is O=C1COC(=O)N1CCNS(=O)(=O)c1ccc(N2C(=O)CCC2=O)cc1. The van der Waals surface area contributed by atoms with Gasteiger partial charge in [-0.05, 0) is 24.3 Å². The van der Waals surface area contributed by atoms with Gasteiger partial charge in [-0.25, -0.2) is 22.8 Å². The first-order chi connectivity index (χ1) is 12.3. The highest BCUT2D eigenvalue weighted by atomic mass is 32.2. The van der Waals surface area contributed by atoms with Crippen LogP contribution in [-0.4, -0.2) is 56.8 Å². The number of imide groups is 2. The second-order valence-corrected chi connectivity index (χ2v) is 7.38. The number of carbonyl (C=O) groups excluding carboxylic acids is 4. The van der Waals surface area contributed by atoms with Crippen molar-refractivity contribution >= 4 is 39.5 Å². The van der Waals surface area contributed by atoms with Crippen LogP contribution in [0.3, 0.4) is 0 Å². The molecule has 1 aromatic carbocycles. The fourth-order valence-electron chi connectivity index (χ4n) is 2.61. The van der Waals surface area contributed by atoms with E-state index >= 15 is 0 Å². The topological polar surface area (TPSA) is 130 Å². The number of rotatable bonds is 6. The zero-order chi connectivity index (χ0) is 18.9. The summed E-state index contributed by atoms with van der Waals surface area (Å²) in [5.41, 5.74) is 0.307. The number of anilines is 1. The van der Waals surface area contributed by atoms with Crippen LogP contribution in [0.4, 0.5) is 10.5 Å². The van der Waals surface area contributed by atoms with Gasteiger partial charge in [-0.15, -0.1) is 0 Å². The Kier molecular flexibility index (Phi) is 4.74. The van der Waals surface area contributed by atoms with E-state index in [0.29, 0.717) is 5.69 Å². The number of hydrogen-bond acceptors (Lipinski definition) is 7. The fourth-order valence-corrected chi connectivity index (χ4v) is 3.63. The van der Waals surface area contributed by atoms with Crippen molar-refractivity contribution in [3.8, 4) is 0 Å². The molecule has 1 N–H and O–H groups in total. The second kappa shape index (κ2) is 6.84. The molecule has 0 bridgehead atoms. The average Bonchev–Trinajstić information content (AvgIpc) is 3.10. The molecule has 0 radical (unpaired) electrons. The smallest absolute Gasteiger partial charge is 0.417 e. The quantitative estimate of drug-likeness (QED) is 0.663. The molecule has 2 aliphatic heterocycles. The zero-order valence-electron chi connectivity index (χ0n) is 13.5. The van der Waals surface area contributed by atoms with E-state index in [1.54, 1.807) is 0 Å². The van der Waals surface area contributed by atoms with E-state index in [2.05, 4.69) is 9.46 Å². The molecule has 0 aliphatic carbocycles. The van der Waals surface area contributed by atoms with Gasteiger partial charge in [0.1, 0.15) is 0 Å². The molecule has 0 aromatic heterocycles. The number of benzene rings is 1. The van der Waals surface area contributed by atoms with Gasteiger partial charge in [0.2, 0.25) is 21.8 Å². The lowest BCUT2D eigenvalue weighted by Gasteiger charge is -2.15. The van der Waals surface area contributed by atoms with E-state index in [0.717, 1.165) is 9.80 Å². The summed E-state index contributed by atoms with van der Waals surface area (Å²) in [6, 6.07) is 5.28. The number of hydrogen-bond donors (Lipinski definition) is 1. The monoisotopic (exact) mass is 381 g/mol. The largest absolute Gasteiger partial charge is 0.439 e. The van der Waals surface area contributed by atoms with Gasteiger partial charge in [-0.2, -0.15) is 0 Å². The fraction of sp³-hybridized carbons (Fsp3) is 0.333. The molecule has 2 heterocycles. The minimum Gasteiger partial charge on any atom is -0.439 e. The lowest BCUT2D eigenvalue weighted by atomic mass is 10.3. The van der Waals surface area contributed by atoms with Gasteiger partial charge < -0.3 is 4.74 Å². The minimum absolute atomic E-state index is 0.0735. The van der Waals surface area contributed by atoms with E-state index in [1.165, 1.54) is 24.3 Å². The third-order valence-corrected chi connectivity index (χ3v) is 5.40. The third kappa shape index (κ3) is 3.44. The minimum atomic E-state index is -3.88. The molecule has 2 aliphatic rings. The molecule has 2 saturated heterocycles. The second-order valence-electron chi connectivity index (χ2n) is 5.61. The highest BCUT2D eigenvalue weighted by Gasteiger charge is 2.31. The maximum absolute atomic E-state index is 12.3. The molecule has 2 fully saturated rings. The molecular formula is C15H15N3O7S. The lowest BCUT2D eigenvalue weighted by molar-refractivity contribution is -0.126. The van der Waals surface area contributed by atoms with Crippen molar-refractivity contribution in [3.05, 3.63) is 24.3 Å². The molecule has 1 aromatic rings. The van der Waals surface area contributed by atoms with Crippen LogP contribution < -0.4 is 9.62 Å². The summed E-state index contributed by atoms with van der Waals surface area (Å²) in [4.78, 5) is 47.8. The highest BCUT2D eigenvalue weighted by Crippen LogP contribution is 2.23. The Morgan fingerprint density at radius 3 is 2.12 bits per heavy atom. The first-order valence-electron chi connectivity index (χ1n) is 7.72. The van der Waals surface area contributed by atoms with Crippen LogP contribution in [0.2, 0.25) is 0 Å². The number of carbonyl (C=O) groups is 4. The maximum atomic E-state index is 12.3. The van der Waals surface area contributed by atoms with E-state index in [-0.39, 0.29) is 49.2 Å². The number of cyclic esters (lactones) is 1. The van der Waals surface area contributed by atoms with Crippen molar-refractivity contribution in [3.63, 3.8) is 0 Å². The van der Waals surface area contributed by atoms with Crippen LogP contribution >= 0.6 is 0 Å². The van der Waals surface area contributed by atoms with Crippen molar-refractivity contribution in [2.75, 3.05) is 24.6 Å². The van der Waals surface area contributed by atoms with Gasteiger partial charge in [0, 0.05) is 25.9 Å². The van der Waals surface area contributed by atoms with Crippen LogP contribution in [0.1, 0.15) is 12.8 Å². The molecule has 0 spiro atoms. The normalized spacial score (nSPS) is 18.0. The Bertz CT molecular complexity index is 847. The van der Waals surface area contributed by atoms with Crippen molar-refractivity contribution in [2.24, 2.45) is 0 Å². The van der Waals surface area contributed by atoms with Crippen LogP contribution in [-0.2, 0) is 29.1 Å². The van der Waals surface area contributed by atoms with Crippen LogP contribution in [0.25, 0.3) is 0 Å². The van der Waals surface area contributed by atoms with Gasteiger partial charge >= 0.3 is 6.09 Å². The molecular weight excluding hydrogens is 366 g/mol. The van der Waals surface area contributed by atoms with Gasteiger partial charge in [-0.1, -0.05) is 0 Å². The number of nitrogens with one attached hydrogen (secondary N) is 1. The predicted molar refractivity (Wildman–Crippen MR) is 86.4 cm³/mol. The van der Waals surface area contributed by atoms with Crippen molar-refractivity contribution in [2.45, 2.75) is 17.7 Å². The Labute approximate surface area is 148 Å². The Balaban J connectivity index is 1.64. The summed E-state index contributed by atoms with van der Waals surface area (Å²) in [5.74, 6) is -1.18. The van der Waals surface area contributed by atoms with E-state index in [4.69, 9.17) is 0 Å². The number of amides is 4. The summed E-state index contributed by atoms with van der Waals surface area (Å²) in [5, 5.41) is 0. The van der Waals surface area contributed by atoms with E-state index < -0.39 is 22.0 Å². The molecule has 10 nitrogen and oxygen atoms in total. The number of ether oxygens (including phenoxy) is 1. The van der Waals surface area contributed by atoms with Crippen LogP contribution in [0, 0.1) is 0 Å². The molecule has 0 unspecified atom stereocenters.